The van der Waals surface area contributed by atoms with Gasteiger partial charge in [-0.05, 0) is 49.5 Å². The van der Waals surface area contributed by atoms with E-state index in [4.69, 9.17) is 18.9 Å². The molecule has 6 rings (SSSR count). The number of carbonyl (C=O) groups is 1. The van der Waals surface area contributed by atoms with Gasteiger partial charge >= 0.3 is 0 Å². The lowest BCUT2D eigenvalue weighted by atomic mass is 9.67. The van der Waals surface area contributed by atoms with Crippen molar-refractivity contribution in [1.82, 2.24) is 14.8 Å². The van der Waals surface area contributed by atoms with Crippen molar-refractivity contribution in [3.05, 3.63) is 24.0 Å². The van der Waals surface area contributed by atoms with Crippen molar-refractivity contribution in [2.75, 3.05) is 40.8 Å². The summed E-state index contributed by atoms with van der Waals surface area (Å²) in [6.07, 6.45) is 7.09. The minimum absolute atomic E-state index is 0.0540. The summed E-state index contributed by atoms with van der Waals surface area (Å²) in [4.78, 5) is 22.2. The van der Waals surface area contributed by atoms with E-state index in [-0.39, 0.29) is 31.7 Å². The summed E-state index contributed by atoms with van der Waals surface area (Å²) in [6, 6.07) is 3.82. The van der Waals surface area contributed by atoms with E-state index in [1.54, 1.807) is 25.3 Å². The van der Waals surface area contributed by atoms with Gasteiger partial charge in [-0.25, -0.2) is 0 Å². The fraction of sp³-hybridized carbons (Fsp3) is 0.769. The minimum Gasteiger partial charge on any atom is -0.475 e. The van der Waals surface area contributed by atoms with Gasteiger partial charge in [0.1, 0.15) is 19.3 Å². The largest absolute Gasteiger partial charge is 0.475 e. The number of aromatic nitrogens is 1. The van der Waals surface area contributed by atoms with Crippen molar-refractivity contribution in [3.63, 3.8) is 0 Å². The quantitative estimate of drug-likeness (QED) is 0.361. The first-order valence-corrected chi connectivity index (χ1v) is 12.7. The van der Waals surface area contributed by atoms with Gasteiger partial charge in [0.2, 0.25) is 0 Å². The summed E-state index contributed by atoms with van der Waals surface area (Å²) in [7, 11) is 3.19. The van der Waals surface area contributed by atoms with Crippen molar-refractivity contribution in [2.24, 2.45) is 23.7 Å². The molecule has 4 saturated heterocycles. The average Bonchev–Trinajstić information content (AvgIpc) is 2.81. The number of hydrogen-bond acceptors (Lipinski definition) is 7. The molecule has 8 heteroatoms. The number of rotatable bonds is 11. The van der Waals surface area contributed by atoms with Crippen LogP contribution in [0.5, 0.6) is 5.75 Å². The molecule has 8 nitrogen and oxygen atoms in total. The molecular formula is C26H39N3O5. The molecule has 3 unspecified atom stereocenters. The van der Waals surface area contributed by atoms with Gasteiger partial charge in [-0.3, -0.25) is 14.7 Å². The third kappa shape index (κ3) is 4.34. The molecule has 0 N–H and O–H groups in total. The molecule has 5 heterocycles. The number of carbonyl (C=O) groups excluding carboxylic acids is 1. The van der Waals surface area contributed by atoms with Crippen LogP contribution in [0.4, 0.5) is 0 Å². The summed E-state index contributed by atoms with van der Waals surface area (Å²) in [5.74, 6) is 3.46. The number of methoxy groups -OCH3 is 2. The Morgan fingerprint density at radius 1 is 1.15 bits per heavy atom. The SMILES string of the molecule is COCO[C@@]1(Cc2cc(OC3C4CC5CC(C4)CN3C5)ccn2)C(=O)N(COC)[C@H]1CC(C)C. The Morgan fingerprint density at radius 2 is 1.91 bits per heavy atom. The smallest absolute Gasteiger partial charge is 0.259 e. The normalized spacial score (nSPS) is 36.3. The number of ether oxygens (including phenoxy) is 4. The van der Waals surface area contributed by atoms with Crippen LogP contribution < -0.4 is 4.74 Å². The third-order valence-corrected chi connectivity index (χ3v) is 8.11. The predicted molar refractivity (Wildman–Crippen MR) is 126 cm³/mol. The maximum Gasteiger partial charge on any atom is 0.259 e. The van der Waals surface area contributed by atoms with E-state index in [0.29, 0.717) is 18.3 Å². The molecule has 5 fully saturated rings. The van der Waals surface area contributed by atoms with Crippen LogP contribution in [0, 0.1) is 23.7 Å². The van der Waals surface area contributed by atoms with Gasteiger partial charge in [-0.2, -0.15) is 0 Å². The molecule has 5 atom stereocenters. The van der Waals surface area contributed by atoms with Gasteiger partial charge in [0.05, 0.1) is 6.04 Å². The molecular weight excluding hydrogens is 434 g/mol. The molecule has 34 heavy (non-hydrogen) atoms. The lowest BCUT2D eigenvalue weighted by Gasteiger charge is -2.55. The Balaban J connectivity index is 1.34. The van der Waals surface area contributed by atoms with Gasteiger partial charge in [0.15, 0.2) is 11.8 Å². The summed E-state index contributed by atoms with van der Waals surface area (Å²) in [6.45, 7) is 6.93. The predicted octanol–water partition coefficient (Wildman–Crippen LogP) is 2.91. The number of nitrogens with zero attached hydrogens (tertiary/aromatic N) is 3. The van der Waals surface area contributed by atoms with Crippen LogP contribution in [-0.4, -0.2) is 79.4 Å². The molecule has 5 aliphatic rings. The highest BCUT2D eigenvalue weighted by Crippen LogP contribution is 2.47. The van der Waals surface area contributed by atoms with Crippen molar-refractivity contribution in [3.8, 4) is 5.75 Å². The Labute approximate surface area is 202 Å². The van der Waals surface area contributed by atoms with Gasteiger partial charge < -0.3 is 23.8 Å². The standard InChI is InChI=1S/C26H39N3O5/c1-17(2)7-23-26(33-16-32-4,25(30)29(23)15-31-3)12-21-11-22(5-6-27-21)34-24-20-9-18-8-19(10-20)14-28(24)13-18/h5-6,11,17-20,23-24H,7-10,12-16H2,1-4H3/t18?,19?,20?,23-,24?,26+/m0/s1. The maximum atomic E-state index is 13.3. The Kier molecular flexibility index (Phi) is 6.86. The highest BCUT2D eigenvalue weighted by molar-refractivity contribution is 5.93. The van der Waals surface area contributed by atoms with E-state index in [1.165, 1.54) is 19.3 Å². The number of pyridine rings is 1. The van der Waals surface area contributed by atoms with Crippen molar-refractivity contribution in [2.45, 2.75) is 63.8 Å². The van der Waals surface area contributed by atoms with E-state index in [0.717, 1.165) is 42.8 Å². The van der Waals surface area contributed by atoms with Gasteiger partial charge in [-0.15, -0.1) is 0 Å². The van der Waals surface area contributed by atoms with Crippen LogP contribution >= 0.6 is 0 Å². The Hall–Kier alpha value is -1.74. The maximum absolute atomic E-state index is 13.3. The highest BCUT2D eigenvalue weighted by atomic mass is 16.7. The average molecular weight is 474 g/mol. The summed E-state index contributed by atoms with van der Waals surface area (Å²) >= 11 is 0. The zero-order valence-electron chi connectivity index (χ0n) is 20.9. The molecule has 1 aromatic heterocycles. The van der Waals surface area contributed by atoms with Gasteiger partial charge in [-0.1, -0.05) is 13.8 Å². The number of likely N-dealkylation sites (tertiary alicyclic amines) is 1. The number of piperidine rings is 3. The van der Waals surface area contributed by atoms with E-state index < -0.39 is 5.60 Å². The summed E-state index contributed by atoms with van der Waals surface area (Å²) < 4.78 is 23.2. The number of hydrogen-bond donors (Lipinski definition) is 0. The number of β-lactam (4-membered cyclic amide) rings is 1. The molecule has 4 bridgehead atoms. The lowest BCUT2D eigenvalue weighted by molar-refractivity contribution is -0.235. The van der Waals surface area contributed by atoms with Gasteiger partial charge in [0, 0.05) is 57.6 Å². The van der Waals surface area contributed by atoms with Crippen LogP contribution in [0.2, 0.25) is 0 Å². The van der Waals surface area contributed by atoms with E-state index in [1.807, 2.05) is 12.1 Å². The van der Waals surface area contributed by atoms with Crippen LogP contribution in [0.3, 0.4) is 0 Å². The van der Waals surface area contributed by atoms with Crippen LogP contribution in [0.1, 0.15) is 45.2 Å². The van der Waals surface area contributed by atoms with Crippen molar-refractivity contribution >= 4 is 5.91 Å². The molecule has 1 aliphatic carbocycles. The fourth-order valence-electron chi connectivity index (χ4n) is 6.93. The summed E-state index contributed by atoms with van der Waals surface area (Å²) in [5, 5.41) is 0. The zero-order valence-corrected chi connectivity index (χ0v) is 20.9. The second-order valence-corrected chi connectivity index (χ2v) is 11.1. The summed E-state index contributed by atoms with van der Waals surface area (Å²) in [5.41, 5.74) is -0.206. The van der Waals surface area contributed by atoms with Crippen LogP contribution in [-0.2, 0) is 25.4 Å². The first kappa shape index (κ1) is 24.0. The van der Waals surface area contributed by atoms with E-state index in [9.17, 15) is 4.79 Å². The molecule has 1 saturated carbocycles. The first-order chi connectivity index (χ1) is 16.4. The van der Waals surface area contributed by atoms with E-state index >= 15 is 0 Å². The van der Waals surface area contributed by atoms with Crippen LogP contribution in [0.25, 0.3) is 0 Å². The molecule has 0 radical (unpaired) electrons. The second-order valence-electron chi connectivity index (χ2n) is 11.1. The first-order valence-electron chi connectivity index (χ1n) is 12.7. The number of amides is 1. The van der Waals surface area contributed by atoms with Crippen molar-refractivity contribution in [1.29, 1.82) is 0 Å². The Bertz CT molecular complexity index is 852. The zero-order chi connectivity index (χ0) is 23.9. The molecule has 188 valence electrons. The third-order valence-electron chi connectivity index (χ3n) is 8.11. The molecule has 1 aromatic rings. The molecule has 4 aliphatic heterocycles. The highest BCUT2D eigenvalue weighted by Gasteiger charge is 2.62. The van der Waals surface area contributed by atoms with Crippen LogP contribution in [0.15, 0.2) is 18.3 Å². The molecule has 0 spiro atoms. The minimum atomic E-state index is -1.00. The molecule has 1 amide bonds. The second kappa shape index (κ2) is 9.72. The fourth-order valence-corrected chi connectivity index (χ4v) is 6.93. The van der Waals surface area contributed by atoms with Crippen molar-refractivity contribution < 1.29 is 23.7 Å². The Morgan fingerprint density at radius 3 is 2.56 bits per heavy atom. The lowest BCUT2D eigenvalue weighted by Crippen LogP contribution is -2.76. The van der Waals surface area contributed by atoms with Gasteiger partial charge in [0.25, 0.3) is 5.91 Å². The monoisotopic (exact) mass is 473 g/mol. The van der Waals surface area contributed by atoms with E-state index in [2.05, 4.69) is 23.7 Å². The molecule has 0 aromatic carbocycles. The topological polar surface area (TPSA) is 73.4 Å².